The van der Waals surface area contributed by atoms with Gasteiger partial charge in [-0.15, -0.1) is 0 Å². The van der Waals surface area contributed by atoms with Gasteiger partial charge in [-0.2, -0.15) is 0 Å². The Morgan fingerprint density at radius 2 is 1.97 bits per heavy atom. The molecule has 2 aliphatic rings. The van der Waals surface area contributed by atoms with Gasteiger partial charge in [-0.25, -0.2) is 8.42 Å². The first-order valence-corrected chi connectivity index (χ1v) is 11.0. The Hall–Kier alpha value is -3.07. The van der Waals surface area contributed by atoms with Gasteiger partial charge < -0.3 is 15.4 Å². The van der Waals surface area contributed by atoms with Gasteiger partial charge in [0.1, 0.15) is 5.75 Å². The fraction of sp³-hybridized carbons (Fsp3) is 0.300. The van der Waals surface area contributed by atoms with Crippen LogP contribution in [0.4, 0.5) is 17.1 Å². The van der Waals surface area contributed by atoms with E-state index in [-0.39, 0.29) is 17.9 Å². The number of hydrogen-bond acceptors (Lipinski definition) is 5. The standard InChI is InChI=1S/C20H21N3O5S/c1-11-8-14-9-13(4-6-17(14)23(11)29(3,26)27)20(25)21-15-5-7-18-16(10-15)22-19(24)12(2)28-18/h4-7,9-12H,8H2,1-3H3,(H,21,25)(H,22,24)/t11-,12+/m0/s1. The topological polar surface area (TPSA) is 105 Å². The van der Waals surface area contributed by atoms with E-state index in [2.05, 4.69) is 10.6 Å². The maximum atomic E-state index is 12.7. The van der Waals surface area contributed by atoms with E-state index in [1.165, 1.54) is 10.6 Å². The number of fused-ring (bicyclic) bond motifs is 2. The lowest BCUT2D eigenvalue weighted by molar-refractivity contribution is -0.122. The molecule has 2 N–H and O–H groups in total. The van der Waals surface area contributed by atoms with Crippen LogP contribution in [0.5, 0.6) is 5.75 Å². The average molecular weight is 415 g/mol. The number of anilines is 3. The summed E-state index contributed by atoms with van der Waals surface area (Å²) in [6.07, 6.45) is 1.16. The summed E-state index contributed by atoms with van der Waals surface area (Å²) in [5.41, 5.74) is 2.87. The second-order valence-electron chi connectivity index (χ2n) is 7.37. The van der Waals surface area contributed by atoms with Gasteiger partial charge in [0.15, 0.2) is 6.10 Å². The minimum absolute atomic E-state index is 0.190. The van der Waals surface area contributed by atoms with Gasteiger partial charge in [0.25, 0.3) is 11.8 Å². The van der Waals surface area contributed by atoms with E-state index < -0.39 is 16.1 Å². The van der Waals surface area contributed by atoms with Crippen molar-refractivity contribution in [1.82, 2.24) is 0 Å². The number of benzene rings is 2. The Morgan fingerprint density at radius 3 is 2.69 bits per heavy atom. The maximum Gasteiger partial charge on any atom is 0.265 e. The van der Waals surface area contributed by atoms with Crippen LogP contribution in [0.2, 0.25) is 0 Å². The van der Waals surface area contributed by atoms with Crippen LogP contribution in [-0.4, -0.2) is 38.6 Å². The van der Waals surface area contributed by atoms with Crippen LogP contribution in [-0.2, 0) is 21.2 Å². The molecule has 4 rings (SSSR count). The van der Waals surface area contributed by atoms with Gasteiger partial charge in [-0.3, -0.25) is 13.9 Å². The highest BCUT2D eigenvalue weighted by Crippen LogP contribution is 2.35. The molecule has 0 spiro atoms. The van der Waals surface area contributed by atoms with Crippen LogP contribution in [0.25, 0.3) is 0 Å². The van der Waals surface area contributed by atoms with E-state index in [1.54, 1.807) is 43.3 Å². The average Bonchev–Trinajstić information content (AvgIpc) is 2.98. The summed E-state index contributed by atoms with van der Waals surface area (Å²) in [6.45, 7) is 3.50. The van der Waals surface area contributed by atoms with E-state index in [9.17, 15) is 18.0 Å². The van der Waals surface area contributed by atoms with Crippen LogP contribution in [0.15, 0.2) is 36.4 Å². The summed E-state index contributed by atoms with van der Waals surface area (Å²) in [5.74, 6) is -0.0266. The number of amides is 2. The normalized spacial score (nSPS) is 20.4. The number of sulfonamides is 1. The highest BCUT2D eigenvalue weighted by molar-refractivity contribution is 7.92. The molecule has 0 fully saturated rings. The van der Waals surface area contributed by atoms with Crippen molar-refractivity contribution in [2.75, 3.05) is 21.2 Å². The molecule has 2 aromatic rings. The van der Waals surface area contributed by atoms with Gasteiger partial charge >= 0.3 is 0 Å². The summed E-state index contributed by atoms with van der Waals surface area (Å²) in [7, 11) is -3.38. The van der Waals surface area contributed by atoms with Crippen LogP contribution >= 0.6 is 0 Å². The van der Waals surface area contributed by atoms with Crippen LogP contribution in [0.3, 0.4) is 0 Å². The van der Waals surface area contributed by atoms with Gasteiger partial charge in [0.05, 0.1) is 17.6 Å². The number of nitrogens with zero attached hydrogens (tertiary/aromatic N) is 1. The van der Waals surface area contributed by atoms with E-state index in [4.69, 9.17) is 4.74 Å². The molecule has 0 saturated heterocycles. The molecule has 0 radical (unpaired) electrons. The van der Waals surface area contributed by atoms with Crippen molar-refractivity contribution >= 4 is 38.9 Å². The van der Waals surface area contributed by atoms with Crippen molar-refractivity contribution in [2.45, 2.75) is 32.4 Å². The molecular formula is C20H21N3O5S. The first kappa shape index (κ1) is 19.3. The third kappa shape index (κ3) is 3.53. The lowest BCUT2D eigenvalue weighted by atomic mass is 10.1. The van der Waals surface area contributed by atoms with E-state index >= 15 is 0 Å². The molecule has 9 heteroatoms. The molecule has 0 saturated carbocycles. The van der Waals surface area contributed by atoms with E-state index in [0.29, 0.717) is 34.8 Å². The summed E-state index contributed by atoms with van der Waals surface area (Å²) in [6, 6.07) is 9.82. The minimum atomic E-state index is -3.38. The first-order chi connectivity index (χ1) is 13.6. The van der Waals surface area contributed by atoms with Crippen LogP contribution in [0.1, 0.15) is 29.8 Å². The zero-order valence-corrected chi connectivity index (χ0v) is 17.0. The predicted octanol–water partition coefficient (Wildman–Crippen LogP) is 2.37. The lowest BCUT2D eigenvalue weighted by Gasteiger charge is -2.23. The number of nitrogens with one attached hydrogen (secondary N) is 2. The SMILES string of the molecule is C[C@H]1Oc2ccc(NC(=O)c3ccc4c(c3)C[C@H](C)N4S(C)(=O)=O)cc2NC1=O. The van der Waals surface area contributed by atoms with E-state index in [1.807, 2.05) is 6.92 Å². The predicted molar refractivity (Wildman–Crippen MR) is 110 cm³/mol. The Bertz CT molecular complexity index is 1130. The molecule has 29 heavy (non-hydrogen) atoms. The third-order valence-corrected chi connectivity index (χ3v) is 6.29. The Morgan fingerprint density at radius 1 is 1.21 bits per heavy atom. The molecule has 2 heterocycles. The zero-order valence-electron chi connectivity index (χ0n) is 16.2. The molecule has 2 atom stereocenters. The summed E-state index contributed by atoms with van der Waals surface area (Å²) in [4.78, 5) is 24.5. The second kappa shape index (κ2) is 6.77. The number of ether oxygens (including phenoxy) is 1. The molecule has 2 aromatic carbocycles. The molecule has 2 amide bonds. The van der Waals surface area contributed by atoms with Crippen molar-refractivity contribution in [2.24, 2.45) is 0 Å². The summed E-state index contributed by atoms with van der Waals surface area (Å²) < 4.78 is 31.0. The quantitative estimate of drug-likeness (QED) is 0.801. The maximum absolute atomic E-state index is 12.7. The monoisotopic (exact) mass is 415 g/mol. The van der Waals surface area contributed by atoms with Crippen molar-refractivity contribution in [1.29, 1.82) is 0 Å². The Labute approximate surface area is 168 Å². The second-order valence-corrected chi connectivity index (χ2v) is 9.23. The third-order valence-electron chi connectivity index (χ3n) is 5.02. The van der Waals surface area contributed by atoms with E-state index in [0.717, 1.165) is 5.56 Å². The number of carbonyl (C=O) groups excluding carboxylic acids is 2. The molecule has 0 bridgehead atoms. The largest absolute Gasteiger partial charge is 0.479 e. The van der Waals surface area contributed by atoms with Gasteiger partial charge in [0.2, 0.25) is 10.0 Å². The molecule has 152 valence electrons. The minimum Gasteiger partial charge on any atom is -0.479 e. The van der Waals surface area contributed by atoms with Crippen molar-refractivity contribution in [3.05, 3.63) is 47.5 Å². The van der Waals surface area contributed by atoms with Crippen molar-refractivity contribution in [3.8, 4) is 5.75 Å². The summed E-state index contributed by atoms with van der Waals surface area (Å²) >= 11 is 0. The van der Waals surface area contributed by atoms with Crippen LogP contribution in [0, 0.1) is 0 Å². The van der Waals surface area contributed by atoms with Crippen LogP contribution < -0.4 is 19.7 Å². The number of carbonyl (C=O) groups is 2. The Balaban J connectivity index is 1.56. The molecule has 0 aliphatic carbocycles. The van der Waals surface area contributed by atoms with Gasteiger partial charge in [-0.1, -0.05) is 0 Å². The summed E-state index contributed by atoms with van der Waals surface area (Å²) in [5, 5.41) is 5.54. The van der Waals surface area contributed by atoms with Crippen molar-refractivity contribution < 1.29 is 22.7 Å². The fourth-order valence-electron chi connectivity index (χ4n) is 3.74. The highest BCUT2D eigenvalue weighted by Gasteiger charge is 2.33. The zero-order chi connectivity index (χ0) is 20.9. The van der Waals surface area contributed by atoms with Gasteiger partial charge in [-0.05, 0) is 62.2 Å². The van der Waals surface area contributed by atoms with Gasteiger partial charge in [0, 0.05) is 17.3 Å². The number of hydrogen-bond donors (Lipinski definition) is 2. The fourth-order valence-corrected chi connectivity index (χ4v) is 5.00. The molecular weight excluding hydrogens is 394 g/mol. The van der Waals surface area contributed by atoms with Crippen molar-refractivity contribution in [3.63, 3.8) is 0 Å². The highest BCUT2D eigenvalue weighted by atomic mass is 32.2. The Kier molecular flexibility index (Phi) is 4.49. The number of rotatable bonds is 3. The lowest BCUT2D eigenvalue weighted by Crippen LogP contribution is -2.34. The first-order valence-electron chi connectivity index (χ1n) is 9.19. The molecule has 2 aliphatic heterocycles. The molecule has 0 unspecified atom stereocenters. The molecule has 8 nitrogen and oxygen atoms in total. The smallest absolute Gasteiger partial charge is 0.265 e. The molecule has 0 aromatic heterocycles.